The summed E-state index contributed by atoms with van der Waals surface area (Å²) in [4.78, 5) is 21.9. The van der Waals surface area contributed by atoms with Crippen LogP contribution in [0.2, 0.25) is 0 Å². The molecule has 2 rings (SSSR count). The monoisotopic (exact) mass is 314 g/mol. The summed E-state index contributed by atoms with van der Waals surface area (Å²) in [7, 11) is 0. The molecule has 2 aromatic carbocycles. The van der Waals surface area contributed by atoms with Crippen molar-refractivity contribution in [2.45, 2.75) is 13.8 Å². The lowest BCUT2D eigenvalue weighted by Gasteiger charge is -2.10. The standard InChI is InChI=1S/C17H18N2O4/c1-12-4-3-5-15(10-12)23-9-8-18-16-7-6-14(13(2)20)11-17(16)19(21)22/h3-7,10-11,18H,8-9H2,1-2H3. The minimum atomic E-state index is -0.504. The first-order valence-electron chi connectivity index (χ1n) is 7.20. The van der Waals surface area contributed by atoms with E-state index in [4.69, 9.17) is 4.74 Å². The highest BCUT2D eigenvalue weighted by molar-refractivity contribution is 5.95. The van der Waals surface area contributed by atoms with Crippen molar-refractivity contribution in [1.82, 2.24) is 0 Å². The van der Waals surface area contributed by atoms with E-state index >= 15 is 0 Å². The van der Waals surface area contributed by atoms with Gasteiger partial charge in [0.2, 0.25) is 0 Å². The molecule has 6 nitrogen and oxygen atoms in total. The van der Waals surface area contributed by atoms with Gasteiger partial charge in [0.15, 0.2) is 5.78 Å². The molecule has 2 aromatic rings. The first kappa shape index (κ1) is 16.5. The smallest absolute Gasteiger partial charge is 0.293 e. The number of hydrogen-bond acceptors (Lipinski definition) is 5. The summed E-state index contributed by atoms with van der Waals surface area (Å²) >= 11 is 0. The van der Waals surface area contributed by atoms with Crippen molar-refractivity contribution in [3.63, 3.8) is 0 Å². The first-order valence-corrected chi connectivity index (χ1v) is 7.20. The Hall–Kier alpha value is -2.89. The number of nitro benzene ring substituents is 1. The number of nitro groups is 1. The van der Waals surface area contributed by atoms with Gasteiger partial charge in [0.25, 0.3) is 5.69 Å². The Labute approximate surface area is 134 Å². The highest BCUT2D eigenvalue weighted by Gasteiger charge is 2.15. The van der Waals surface area contributed by atoms with E-state index in [1.807, 2.05) is 31.2 Å². The molecule has 0 heterocycles. The van der Waals surface area contributed by atoms with Gasteiger partial charge in [-0.05, 0) is 43.7 Å². The summed E-state index contributed by atoms with van der Waals surface area (Å²) in [5, 5.41) is 14.1. The number of hydrogen-bond donors (Lipinski definition) is 1. The quantitative estimate of drug-likeness (QED) is 0.365. The van der Waals surface area contributed by atoms with Crippen LogP contribution in [0.15, 0.2) is 42.5 Å². The van der Waals surface area contributed by atoms with Crippen LogP contribution in [0.25, 0.3) is 0 Å². The Kier molecular flexibility index (Phi) is 5.30. The van der Waals surface area contributed by atoms with Crippen LogP contribution in [0.1, 0.15) is 22.8 Å². The Balaban J connectivity index is 1.97. The summed E-state index contributed by atoms with van der Waals surface area (Å²) in [5.74, 6) is 0.552. The van der Waals surface area contributed by atoms with Gasteiger partial charge in [0, 0.05) is 18.2 Å². The normalized spacial score (nSPS) is 10.2. The molecule has 23 heavy (non-hydrogen) atoms. The Morgan fingerprint density at radius 3 is 2.70 bits per heavy atom. The predicted octanol–water partition coefficient (Wildman–Crippen LogP) is 3.60. The fourth-order valence-corrected chi connectivity index (χ4v) is 2.11. The zero-order valence-corrected chi connectivity index (χ0v) is 13.0. The number of carbonyl (C=O) groups excluding carboxylic acids is 1. The lowest BCUT2D eigenvalue weighted by atomic mass is 10.1. The van der Waals surface area contributed by atoms with Crippen LogP contribution in [-0.2, 0) is 0 Å². The Morgan fingerprint density at radius 1 is 1.26 bits per heavy atom. The molecule has 0 saturated carbocycles. The number of nitrogens with one attached hydrogen (secondary N) is 1. The van der Waals surface area contributed by atoms with Crippen molar-refractivity contribution in [2.75, 3.05) is 18.5 Å². The van der Waals surface area contributed by atoms with E-state index in [1.54, 1.807) is 12.1 Å². The minimum absolute atomic E-state index is 0.117. The second-order valence-corrected chi connectivity index (χ2v) is 5.14. The van der Waals surface area contributed by atoms with Gasteiger partial charge < -0.3 is 10.1 Å². The second-order valence-electron chi connectivity index (χ2n) is 5.14. The molecule has 0 fully saturated rings. The number of ketones is 1. The molecule has 0 atom stereocenters. The van der Waals surface area contributed by atoms with Gasteiger partial charge in [-0.25, -0.2) is 0 Å². The molecule has 120 valence electrons. The summed E-state index contributed by atoms with van der Waals surface area (Å²) in [6.07, 6.45) is 0. The van der Waals surface area contributed by atoms with E-state index in [-0.39, 0.29) is 11.5 Å². The van der Waals surface area contributed by atoms with E-state index in [1.165, 1.54) is 13.0 Å². The van der Waals surface area contributed by atoms with Crippen LogP contribution in [-0.4, -0.2) is 23.9 Å². The van der Waals surface area contributed by atoms with Crippen LogP contribution >= 0.6 is 0 Å². The molecule has 0 aliphatic carbocycles. The van der Waals surface area contributed by atoms with Gasteiger partial charge in [-0.1, -0.05) is 12.1 Å². The lowest BCUT2D eigenvalue weighted by molar-refractivity contribution is -0.384. The van der Waals surface area contributed by atoms with E-state index in [0.717, 1.165) is 11.3 Å². The molecule has 0 unspecified atom stereocenters. The molecule has 0 aromatic heterocycles. The molecule has 0 bridgehead atoms. The molecule has 6 heteroatoms. The van der Waals surface area contributed by atoms with E-state index < -0.39 is 4.92 Å². The summed E-state index contributed by atoms with van der Waals surface area (Å²) in [6.45, 7) is 4.14. The fraction of sp³-hybridized carbons (Fsp3) is 0.235. The summed E-state index contributed by atoms with van der Waals surface area (Å²) in [6, 6.07) is 12.1. The predicted molar refractivity (Wildman–Crippen MR) is 88.3 cm³/mol. The SMILES string of the molecule is CC(=O)c1ccc(NCCOc2cccc(C)c2)c([N+](=O)[O-])c1. The molecule has 0 radical (unpaired) electrons. The van der Waals surface area contributed by atoms with Gasteiger partial charge in [0.1, 0.15) is 18.0 Å². The summed E-state index contributed by atoms with van der Waals surface area (Å²) in [5.41, 5.74) is 1.67. The van der Waals surface area contributed by atoms with Crippen LogP contribution in [0.5, 0.6) is 5.75 Å². The number of anilines is 1. The molecule has 0 aliphatic rings. The number of Topliss-reactive ketones (excluding diaryl/α,β-unsaturated/α-hetero) is 1. The molecule has 0 aliphatic heterocycles. The Morgan fingerprint density at radius 2 is 2.04 bits per heavy atom. The third-order valence-corrected chi connectivity index (χ3v) is 3.28. The highest BCUT2D eigenvalue weighted by atomic mass is 16.6. The largest absolute Gasteiger partial charge is 0.492 e. The summed E-state index contributed by atoms with van der Waals surface area (Å²) < 4.78 is 5.58. The molecule has 0 spiro atoms. The number of rotatable bonds is 7. The lowest BCUT2D eigenvalue weighted by Crippen LogP contribution is -2.12. The van der Waals surface area contributed by atoms with Gasteiger partial charge in [-0.15, -0.1) is 0 Å². The maximum absolute atomic E-state index is 11.3. The maximum atomic E-state index is 11.3. The van der Waals surface area contributed by atoms with Crippen LogP contribution < -0.4 is 10.1 Å². The number of carbonyl (C=O) groups is 1. The fourth-order valence-electron chi connectivity index (χ4n) is 2.11. The van der Waals surface area contributed by atoms with Gasteiger partial charge >= 0.3 is 0 Å². The zero-order chi connectivity index (χ0) is 16.8. The average Bonchev–Trinajstić information content (AvgIpc) is 2.51. The Bertz CT molecular complexity index is 728. The van der Waals surface area contributed by atoms with E-state index in [2.05, 4.69) is 5.32 Å². The number of ether oxygens (including phenoxy) is 1. The highest BCUT2D eigenvalue weighted by Crippen LogP contribution is 2.25. The molecule has 1 N–H and O–H groups in total. The van der Waals surface area contributed by atoms with Crippen molar-refractivity contribution in [3.8, 4) is 5.75 Å². The molecule has 0 amide bonds. The van der Waals surface area contributed by atoms with Crippen LogP contribution in [0.4, 0.5) is 11.4 Å². The van der Waals surface area contributed by atoms with Gasteiger partial charge in [-0.2, -0.15) is 0 Å². The van der Waals surface area contributed by atoms with Crippen LogP contribution in [0.3, 0.4) is 0 Å². The van der Waals surface area contributed by atoms with E-state index in [9.17, 15) is 14.9 Å². The first-order chi connectivity index (χ1) is 11.0. The minimum Gasteiger partial charge on any atom is -0.492 e. The maximum Gasteiger partial charge on any atom is 0.293 e. The number of benzene rings is 2. The van der Waals surface area contributed by atoms with Gasteiger partial charge in [-0.3, -0.25) is 14.9 Å². The van der Waals surface area contributed by atoms with Crippen LogP contribution in [0, 0.1) is 17.0 Å². The van der Waals surface area contributed by atoms with Crippen molar-refractivity contribution in [2.24, 2.45) is 0 Å². The van der Waals surface area contributed by atoms with Gasteiger partial charge in [0.05, 0.1) is 4.92 Å². The average molecular weight is 314 g/mol. The number of nitrogens with zero attached hydrogens (tertiary/aromatic N) is 1. The van der Waals surface area contributed by atoms with Crippen molar-refractivity contribution in [3.05, 3.63) is 63.7 Å². The zero-order valence-electron chi connectivity index (χ0n) is 13.0. The molecular weight excluding hydrogens is 296 g/mol. The topological polar surface area (TPSA) is 81.5 Å². The third kappa shape index (κ3) is 4.54. The number of aryl methyl sites for hydroxylation is 1. The van der Waals surface area contributed by atoms with E-state index in [0.29, 0.717) is 24.4 Å². The van der Waals surface area contributed by atoms with Crippen molar-refractivity contribution < 1.29 is 14.5 Å². The third-order valence-electron chi connectivity index (χ3n) is 3.28. The molecule has 0 saturated heterocycles. The second kappa shape index (κ2) is 7.40. The molecular formula is C17H18N2O4. The van der Waals surface area contributed by atoms with Crippen molar-refractivity contribution in [1.29, 1.82) is 0 Å². The van der Waals surface area contributed by atoms with Crippen molar-refractivity contribution >= 4 is 17.2 Å².